The van der Waals surface area contributed by atoms with Gasteiger partial charge in [-0.25, -0.2) is 8.42 Å². The summed E-state index contributed by atoms with van der Waals surface area (Å²) in [6.45, 7) is 0. The van der Waals surface area contributed by atoms with Crippen molar-refractivity contribution in [1.29, 1.82) is 0 Å². The Kier molecular flexibility index (Phi) is 4.87. The Labute approximate surface area is 156 Å². The predicted octanol–water partition coefficient (Wildman–Crippen LogP) is 1.89. The van der Waals surface area contributed by atoms with Gasteiger partial charge in [-0.3, -0.25) is 9.35 Å². The highest BCUT2D eigenvalue weighted by Crippen LogP contribution is 2.28. The van der Waals surface area contributed by atoms with Gasteiger partial charge < -0.3 is 11.1 Å². The Bertz CT molecular complexity index is 1220. The summed E-state index contributed by atoms with van der Waals surface area (Å²) >= 11 is 0. The molecule has 3 aromatic rings. The van der Waals surface area contributed by atoms with Crippen LogP contribution in [0.3, 0.4) is 0 Å². The van der Waals surface area contributed by atoms with E-state index in [1.807, 2.05) is 0 Å². The van der Waals surface area contributed by atoms with E-state index in [-0.39, 0.29) is 21.4 Å². The van der Waals surface area contributed by atoms with Crippen LogP contribution in [-0.4, -0.2) is 27.3 Å². The van der Waals surface area contributed by atoms with Gasteiger partial charge in [0, 0.05) is 22.3 Å². The monoisotopic (exact) mass is 406 g/mol. The molecular weight excluding hydrogens is 392 g/mol. The van der Waals surface area contributed by atoms with Gasteiger partial charge in [-0.1, -0.05) is 6.07 Å². The number of thiol groups is 1. The van der Waals surface area contributed by atoms with Crippen molar-refractivity contribution in [3.8, 4) is 0 Å². The minimum Gasteiger partial charge on any atom is -0.399 e. The molecule has 1 amide bonds. The molecule has 0 spiro atoms. The zero-order chi connectivity index (χ0) is 19.8. The lowest BCUT2D eigenvalue weighted by molar-refractivity contribution is 0.102. The quantitative estimate of drug-likeness (QED) is 0.294. The lowest BCUT2D eigenvalue weighted by Crippen LogP contribution is -2.12. The third kappa shape index (κ3) is 4.08. The Morgan fingerprint density at radius 1 is 1.00 bits per heavy atom. The molecule has 0 radical (unpaired) electrons. The van der Waals surface area contributed by atoms with E-state index in [2.05, 4.69) is 5.32 Å². The summed E-state index contributed by atoms with van der Waals surface area (Å²) in [7, 11) is -7.72. The van der Waals surface area contributed by atoms with Crippen LogP contribution >= 0.6 is 0 Å². The van der Waals surface area contributed by atoms with Crippen LogP contribution in [-0.2, 0) is 20.8 Å². The van der Waals surface area contributed by atoms with Crippen molar-refractivity contribution in [2.75, 3.05) is 11.1 Å². The van der Waals surface area contributed by atoms with Crippen LogP contribution in [0.1, 0.15) is 10.4 Å². The van der Waals surface area contributed by atoms with Crippen molar-refractivity contribution < 1.29 is 26.2 Å². The molecule has 3 aromatic carbocycles. The van der Waals surface area contributed by atoms with E-state index in [9.17, 15) is 26.2 Å². The van der Waals surface area contributed by atoms with Crippen molar-refractivity contribution >= 4 is 48.9 Å². The average Bonchev–Trinajstić information content (AvgIpc) is 2.60. The summed E-state index contributed by atoms with van der Waals surface area (Å²) < 4.78 is 55.2. The maximum absolute atomic E-state index is 12.3. The van der Waals surface area contributed by atoms with Gasteiger partial charge in [0.15, 0.2) is 10.7 Å². The molecule has 10 heteroatoms. The van der Waals surface area contributed by atoms with Crippen molar-refractivity contribution in [2.45, 2.75) is 9.79 Å². The predicted molar refractivity (Wildman–Crippen MR) is 101 cm³/mol. The number of nitrogen functional groups attached to an aromatic ring is 1. The maximum Gasteiger partial charge on any atom is 0.295 e. The molecule has 0 aliphatic heterocycles. The molecule has 4 N–H and O–H groups in total. The molecule has 0 saturated carbocycles. The van der Waals surface area contributed by atoms with Crippen molar-refractivity contribution in [2.24, 2.45) is 0 Å². The zero-order valence-electron chi connectivity index (χ0n) is 13.6. The number of anilines is 2. The van der Waals surface area contributed by atoms with E-state index in [0.29, 0.717) is 11.3 Å². The second-order valence-corrected chi connectivity index (χ2v) is 8.11. The SMILES string of the molecule is Nc1ccc(C(=O)Nc2ccc3cc([SH](=O)=O)cc(S(=O)(=O)O)c3c2)cc1. The lowest BCUT2D eigenvalue weighted by atomic mass is 10.1. The van der Waals surface area contributed by atoms with E-state index >= 15 is 0 Å². The van der Waals surface area contributed by atoms with Crippen LogP contribution in [0.25, 0.3) is 10.8 Å². The largest absolute Gasteiger partial charge is 0.399 e. The first-order valence-corrected chi connectivity index (χ1v) is 10.1. The Hall–Kier alpha value is -2.95. The van der Waals surface area contributed by atoms with Gasteiger partial charge in [0.25, 0.3) is 16.0 Å². The first-order chi connectivity index (χ1) is 12.6. The Morgan fingerprint density at radius 3 is 2.26 bits per heavy atom. The van der Waals surface area contributed by atoms with Crippen LogP contribution in [0.5, 0.6) is 0 Å². The van der Waals surface area contributed by atoms with Gasteiger partial charge in [-0.2, -0.15) is 8.42 Å². The topological polar surface area (TPSA) is 144 Å². The van der Waals surface area contributed by atoms with Gasteiger partial charge >= 0.3 is 0 Å². The third-order valence-electron chi connectivity index (χ3n) is 3.82. The highest BCUT2D eigenvalue weighted by molar-refractivity contribution is 7.86. The smallest absolute Gasteiger partial charge is 0.295 e. The molecular formula is C17H14N2O6S2. The fourth-order valence-electron chi connectivity index (χ4n) is 2.54. The Balaban J connectivity index is 2.07. The molecule has 3 rings (SSSR count). The fraction of sp³-hybridized carbons (Fsp3) is 0. The number of nitrogens with one attached hydrogen (secondary N) is 1. The molecule has 8 nitrogen and oxygen atoms in total. The molecule has 0 aliphatic rings. The number of fused-ring (bicyclic) bond motifs is 1. The first kappa shape index (κ1) is 18.8. The van der Waals surface area contributed by atoms with E-state index in [1.54, 1.807) is 12.1 Å². The minimum absolute atomic E-state index is 0.0770. The van der Waals surface area contributed by atoms with Gasteiger partial charge in [0.1, 0.15) is 4.90 Å². The van der Waals surface area contributed by atoms with E-state index in [4.69, 9.17) is 5.73 Å². The summed E-state index contributed by atoms with van der Waals surface area (Å²) in [4.78, 5) is 11.5. The van der Waals surface area contributed by atoms with Gasteiger partial charge in [-0.05, 0) is 53.9 Å². The molecule has 0 atom stereocenters. The Morgan fingerprint density at radius 2 is 1.67 bits per heavy atom. The molecule has 0 unspecified atom stereocenters. The molecule has 140 valence electrons. The summed E-state index contributed by atoms with van der Waals surface area (Å²) in [6, 6.07) is 12.6. The second-order valence-electron chi connectivity index (χ2n) is 5.69. The van der Waals surface area contributed by atoms with Crippen LogP contribution in [0.2, 0.25) is 0 Å². The molecule has 27 heavy (non-hydrogen) atoms. The third-order valence-corrected chi connectivity index (χ3v) is 5.39. The van der Waals surface area contributed by atoms with Crippen LogP contribution < -0.4 is 11.1 Å². The fourth-order valence-corrected chi connectivity index (χ4v) is 3.84. The first-order valence-electron chi connectivity index (χ1n) is 7.52. The summed E-state index contributed by atoms with van der Waals surface area (Å²) in [5.41, 5.74) is 6.70. The molecule has 0 heterocycles. The highest BCUT2D eigenvalue weighted by atomic mass is 32.2. The van der Waals surface area contributed by atoms with E-state index in [0.717, 1.165) is 6.07 Å². The number of benzene rings is 3. The van der Waals surface area contributed by atoms with E-state index < -0.39 is 31.6 Å². The number of carbonyl (C=O) groups is 1. The number of hydrogen-bond acceptors (Lipinski definition) is 6. The van der Waals surface area contributed by atoms with Crippen molar-refractivity contribution in [3.05, 3.63) is 60.2 Å². The van der Waals surface area contributed by atoms with Gasteiger partial charge in [0.05, 0.1) is 4.90 Å². The number of nitrogens with two attached hydrogens (primary N) is 1. The molecule has 0 fully saturated rings. The standard InChI is InChI=1S/C17H14N2O6S2/c18-12-4-1-10(2-5-12)17(20)19-13-6-3-11-7-14(26(21)22)9-16(15(11)8-13)27(23,24)25/h1-9,26H,18H2,(H,19,20)(H,23,24,25). The molecule has 0 aliphatic carbocycles. The summed E-state index contributed by atoms with van der Waals surface area (Å²) in [6.07, 6.45) is 0. The summed E-state index contributed by atoms with van der Waals surface area (Å²) in [5.74, 6) is -0.443. The van der Waals surface area contributed by atoms with Crippen LogP contribution in [0, 0.1) is 0 Å². The number of amides is 1. The molecule has 0 aromatic heterocycles. The summed E-state index contributed by atoms with van der Waals surface area (Å²) in [5, 5.41) is 2.97. The number of rotatable bonds is 4. The number of hydrogen-bond donors (Lipinski definition) is 4. The van der Waals surface area contributed by atoms with E-state index in [1.165, 1.54) is 36.4 Å². The molecule has 0 bridgehead atoms. The second kappa shape index (κ2) is 6.99. The van der Waals surface area contributed by atoms with Crippen molar-refractivity contribution in [1.82, 2.24) is 0 Å². The minimum atomic E-state index is -4.68. The van der Waals surface area contributed by atoms with Gasteiger partial charge in [0.2, 0.25) is 0 Å². The van der Waals surface area contributed by atoms with Crippen molar-refractivity contribution in [3.63, 3.8) is 0 Å². The average molecular weight is 406 g/mol. The normalized spacial score (nSPS) is 11.6. The van der Waals surface area contributed by atoms with Gasteiger partial charge in [-0.15, -0.1) is 0 Å². The molecule has 0 saturated heterocycles. The van der Waals surface area contributed by atoms with Crippen LogP contribution in [0.4, 0.5) is 11.4 Å². The lowest BCUT2D eigenvalue weighted by Gasteiger charge is -2.10. The maximum atomic E-state index is 12.3. The zero-order valence-corrected chi connectivity index (χ0v) is 15.3. The highest BCUT2D eigenvalue weighted by Gasteiger charge is 2.17. The van der Waals surface area contributed by atoms with Crippen LogP contribution in [0.15, 0.2) is 64.4 Å². The number of carbonyl (C=O) groups excluding carboxylic acids is 1.